The van der Waals surface area contributed by atoms with Crippen LogP contribution in [0.4, 0.5) is 0 Å². The smallest absolute Gasteiger partial charge is 0.259 e. The van der Waals surface area contributed by atoms with Gasteiger partial charge < -0.3 is 9.64 Å². The van der Waals surface area contributed by atoms with Gasteiger partial charge in [0.2, 0.25) is 0 Å². The monoisotopic (exact) mass is 310 g/mol. The Labute approximate surface area is 135 Å². The van der Waals surface area contributed by atoms with Crippen molar-refractivity contribution in [1.82, 2.24) is 9.88 Å². The fraction of sp³-hybridized carbons (Fsp3) is 0.167. The predicted octanol–water partition coefficient (Wildman–Crippen LogP) is 2.44. The predicted molar refractivity (Wildman–Crippen MR) is 88.2 cm³/mol. The van der Waals surface area contributed by atoms with Crippen molar-refractivity contribution in [1.29, 1.82) is 0 Å². The maximum atomic E-state index is 12.1. The first kappa shape index (κ1) is 16.4. The van der Waals surface area contributed by atoms with Gasteiger partial charge in [0, 0.05) is 32.1 Å². The fourth-order valence-electron chi connectivity index (χ4n) is 1.73. The van der Waals surface area contributed by atoms with E-state index in [1.54, 1.807) is 56.8 Å². The number of hydrogen-bond donors (Lipinski definition) is 0. The average Bonchev–Trinajstić information content (AvgIpc) is 2.58. The van der Waals surface area contributed by atoms with Gasteiger partial charge in [0.1, 0.15) is 5.75 Å². The highest BCUT2D eigenvalue weighted by atomic mass is 16.5. The lowest BCUT2D eigenvalue weighted by atomic mass is 10.1. The lowest BCUT2D eigenvalue weighted by molar-refractivity contribution is -0.130. The Hall–Kier alpha value is -2.95. The molecule has 5 nitrogen and oxygen atoms in total. The van der Waals surface area contributed by atoms with Crippen LogP contribution in [0.15, 0.2) is 54.9 Å². The molecule has 0 radical (unpaired) electrons. The third-order valence-electron chi connectivity index (χ3n) is 3.13. The van der Waals surface area contributed by atoms with Gasteiger partial charge in [0.25, 0.3) is 5.91 Å². The van der Waals surface area contributed by atoms with E-state index in [-0.39, 0.29) is 18.3 Å². The molecule has 0 unspecified atom stereocenters. The van der Waals surface area contributed by atoms with Gasteiger partial charge in [-0.15, -0.1) is 0 Å². The molecule has 23 heavy (non-hydrogen) atoms. The van der Waals surface area contributed by atoms with Crippen molar-refractivity contribution >= 4 is 17.8 Å². The van der Waals surface area contributed by atoms with Gasteiger partial charge >= 0.3 is 0 Å². The summed E-state index contributed by atoms with van der Waals surface area (Å²) < 4.78 is 5.37. The molecule has 0 bridgehead atoms. The van der Waals surface area contributed by atoms with Gasteiger partial charge in [-0.25, -0.2) is 0 Å². The number of benzene rings is 1. The van der Waals surface area contributed by atoms with Crippen molar-refractivity contribution in [3.05, 3.63) is 66.0 Å². The Kier molecular flexibility index (Phi) is 5.63. The van der Waals surface area contributed by atoms with E-state index in [1.165, 1.54) is 11.0 Å². The van der Waals surface area contributed by atoms with E-state index in [9.17, 15) is 9.59 Å². The largest absolute Gasteiger partial charge is 0.484 e. The Balaban J connectivity index is 1.95. The van der Waals surface area contributed by atoms with Crippen molar-refractivity contribution in [2.45, 2.75) is 0 Å². The van der Waals surface area contributed by atoms with Gasteiger partial charge in [-0.2, -0.15) is 0 Å². The van der Waals surface area contributed by atoms with Gasteiger partial charge in [0.15, 0.2) is 12.4 Å². The molecule has 0 saturated heterocycles. The van der Waals surface area contributed by atoms with Gasteiger partial charge in [-0.3, -0.25) is 14.6 Å². The summed E-state index contributed by atoms with van der Waals surface area (Å²) in [6, 6.07) is 10.3. The molecule has 0 atom stereocenters. The number of amides is 1. The number of carbonyl (C=O) groups excluding carboxylic acids is 2. The molecule has 0 N–H and O–H groups in total. The van der Waals surface area contributed by atoms with Crippen LogP contribution in [0.2, 0.25) is 0 Å². The molecule has 0 aliphatic heterocycles. The molecule has 1 aromatic heterocycles. The fourth-order valence-corrected chi connectivity index (χ4v) is 1.73. The van der Waals surface area contributed by atoms with Crippen LogP contribution in [0.3, 0.4) is 0 Å². The lowest BCUT2D eigenvalue weighted by Gasteiger charge is -2.11. The Morgan fingerprint density at radius 1 is 1.09 bits per heavy atom. The highest BCUT2D eigenvalue weighted by molar-refractivity contribution is 6.06. The second-order valence-corrected chi connectivity index (χ2v) is 5.08. The number of ether oxygens (including phenoxy) is 1. The standard InChI is InChI=1S/C18H18N2O3/c1-20(2)18(22)13-23-16-6-4-15(5-7-16)17(21)8-3-14-9-11-19-12-10-14/h3-12H,13H2,1-2H3/b8-3+. The number of pyridine rings is 1. The Morgan fingerprint density at radius 3 is 2.35 bits per heavy atom. The SMILES string of the molecule is CN(C)C(=O)COc1ccc(C(=O)/C=C/c2ccncc2)cc1. The summed E-state index contributed by atoms with van der Waals surface area (Å²) in [5, 5.41) is 0. The van der Waals surface area contributed by atoms with E-state index in [0.717, 1.165) is 5.56 Å². The molecule has 0 aliphatic carbocycles. The topological polar surface area (TPSA) is 59.5 Å². The summed E-state index contributed by atoms with van der Waals surface area (Å²) in [4.78, 5) is 28.9. The molecular weight excluding hydrogens is 292 g/mol. The molecule has 2 aromatic rings. The number of nitrogens with zero attached hydrogens (tertiary/aromatic N) is 2. The van der Waals surface area contributed by atoms with E-state index in [2.05, 4.69) is 4.98 Å². The summed E-state index contributed by atoms with van der Waals surface area (Å²) in [6.07, 6.45) is 6.60. The minimum Gasteiger partial charge on any atom is -0.484 e. The van der Waals surface area contributed by atoms with Gasteiger partial charge in [-0.05, 0) is 48.0 Å². The highest BCUT2D eigenvalue weighted by Crippen LogP contribution is 2.13. The number of allylic oxidation sites excluding steroid dienone is 1. The van der Waals surface area contributed by atoms with Gasteiger partial charge in [0.05, 0.1) is 0 Å². The van der Waals surface area contributed by atoms with Crippen molar-refractivity contribution in [3.63, 3.8) is 0 Å². The zero-order chi connectivity index (χ0) is 16.7. The number of rotatable bonds is 6. The Morgan fingerprint density at radius 2 is 1.74 bits per heavy atom. The summed E-state index contributed by atoms with van der Waals surface area (Å²) in [7, 11) is 3.34. The first-order valence-corrected chi connectivity index (χ1v) is 7.12. The molecule has 0 aliphatic rings. The minimum atomic E-state index is -0.120. The maximum absolute atomic E-state index is 12.1. The quantitative estimate of drug-likeness (QED) is 0.607. The van der Waals surface area contributed by atoms with E-state index < -0.39 is 0 Å². The Bertz CT molecular complexity index is 692. The van der Waals surface area contributed by atoms with Crippen LogP contribution in [-0.4, -0.2) is 42.3 Å². The molecule has 0 spiro atoms. The molecule has 0 fully saturated rings. The molecular formula is C18H18N2O3. The van der Waals surface area contributed by atoms with Crippen molar-refractivity contribution in [3.8, 4) is 5.75 Å². The summed E-state index contributed by atoms with van der Waals surface area (Å²) >= 11 is 0. The van der Waals surface area contributed by atoms with Crippen LogP contribution < -0.4 is 4.74 Å². The van der Waals surface area contributed by atoms with Crippen LogP contribution in [-0.2, 0) is 4.79 Å². The third-order valence-corrected chi connectivity index (χ3v) is 3.13. The van der Waals surface area contributed by atoms with Crippen LogP contribution in [0.1, 0.15) is 15.9 Å². The first-order valence-electron chi connectivity index (χ1n) is 7.12. The van der Waals surface area contributed by atoms with Gasteiger partial charge in [-0.1, -0.05) is 6.08 Å². The summed E-state index contributed by atoms with van der Waals surface area (Å²) in [5.41, 5.74) is 1.47. The second kappa shape index (κ2) is 7.89. The number of hydrogen-bond acceptors (Lipinski definition) is 4. The van der Waals surface area contributed by atoms with Crippen LogP contribution in [0, 0.1) is 0 Å². The van der Waals surface area contributed by atoms with E-state index >= 15 is 0 Å². The third kappa shape index (κ3) is 5.07. The summed E-state index contributed by atoms with van der Waals surface area (Å²) in [5.74, 6) is 0.332. The highest BCUT2D eigenvalue weighted by Gasteiger charge is 2.06. The molecule has 1 amide bonds. The zero-order valence-electron chi connectivity index (χ0n) is 13.1. The second-order valence-electron chi connectivity index (χ2n) is 5.08. The lowest BCUT2D eigenvalue weighted by Crippen LogP contribution is -2.27. The maximum Gasteiger partial charge on any atom is 0.259 e. The summed E-state index contributed by atoms with van der Waals surface area (Å²) in [6.45, 7) is -0.0256. The van der Waals surface area contributed by atoms with Crippen molar-refractivity contribution in [2.75, 3.05) is 20.7 Å². The number of aromatic nitrogens is 1. The van der Waals surface area contributed by atoms with Crippen molar-refractivity contribution < 1.29 is 14.3 Å². The molecule has 5 heteroatoms. The minimum absolute atomic E-state index is 0.0256. The van der Waals surface area contributed by atoms with Crippen LogP contribution >= 0.6 is 0 Å². The molecule has 2 rings (SSSR count). The first-order chi connectivity index (χ1) is 11.1. The zero-order valence-corrected chi connectivity index (χ0v) is 13.1. The van der Waals surface area contributed by atoms with Crippen LogP contribution in [0.25, 0.3) is 6.08 Å². The molecule has 118 valence electrons. The number of ketones is 1. The molecule has 1 heterocycles. The molecule has 1 aromatic carbocycles. The van der Waals surface area contributed by atoms with E-state index in [4.69, 9.17) is 4.74 Å². The average molecular weight is 310 g/mol. The number of carbonyl (C=O) groups is 2. The normalized spacial score (nSPS) is 10.5. The van der Waals surface area contributed by atoms with Crippen molar-refractivity contribution in [2.24, 2.45) is 0 Å². The van der Waals surface area contributed by atoms with E-state index in [1.807, 2.05) is 12.1 Å². The van der Waals surface area contributed by atoms with Crippen LogP contribution in [0.5, 0.6) is 5.75 Å². The number of likely N-dealkylation sites (N-methyl/N-ethyl adjacent to an activating group) is 1. The van der Waals surface area contributed by atoms with E-state index in [0.29, 0.717) is 11.3 Å². The molecule has 0 saturated carbocycles.